The van der Waals surface area contributed by atoms with Crippen molar-refractivity contribution in [3.63, 3.8) is 0 Å². The molecule has 0 saturated carbocycles. The molecule has 1 saturated heterocycles. The normalized spacial score (nSPS) is 21.4. The lowest BCUT2D eigenvalue weighted by Gasteiger charge is -2.21. The molecule has 3 rings (SSSR count). The van der Waals surface area contributed by atoms with E-state index in [1.807, 2.05) is 6.07 Å². The third-order valence-electron chi connectivity index (χ3n) is 4.08. The number of rotatable bonds is 4. The first-order valence-corrected chi connectivity index (χ1v) is 7.06. The van der Waals surface area contributed by atoms with Crippen LogP contribution >= 0.6 is 0 Å². The second-order valence-electron chi connectivity index (χ2n) is 5.38. The van der Waals surface area contributed by atoms with Crippen LogP contribution in [0.2, 0.25) is 0 Å². The average Bonchev–Trinajstić information content (AvgIpc) is 3.12. The predicted molar refractivity (Wildman–Crippen MR) is 78.3 cm³/mol. The number of nitrogens with zero attached hydrogens (tertiary/aromatic N) is 2. The fourth-order valence-corrected chi connectivity index (χ4v) is 2.90. The fraction of sp³-hybridized carbons (Fsp3) is 0.400. The van der Waals surface area contributed by atoms with Crippen LogP contribution in [0.15, 0.2) is 24.5 Å². The van der Waals surface area contributed by atoms with E-state index in [0.29, 0.717) is 13.0 Å². The number of carboxylic acids is 1. The molecule has 1 aliphatic rings. The number of hydrogen-bond acceptors (Lipinski definition) is 4. The molecule has 7 heteroatoms. The van der Waals surface area contributed by atoms with Crippen molar-refractivity contribution >= 4 is 22.9 Å². The Morgan fingerprint density at radius 1 is 1.55 bits per heavy atom. The molecule has 0 aromatic carbocycles. The van der Waals surface area contributed by atoms with Crippen molar-refractivity contribution in [2.24, 2.45) is 0 Å². The van der Waals surface area contributed by atoms with Gasteiger partial charge in [0.2, 0.25) is 5.91 Å². The molecule has 22 heavy (non-hydrogen) atoms. The number of aromatic amines is 1. The Bertz CT molecular complexity index is 712. The van der Waals surface area contributed by atoms with Crippen molar-refractivity contribution in [1.82, 2.24) is 14.9 Å². The summed E-state index contributed by atoms with van der Waals surface area (Å²) in [7, 11) is 1.53. The largest absolute Gasteiger partial charge is 0.480 e. The van der Waals surface area contributed by atoms with Gasteiger partial charge in [-0.05, 0) is 17.7 Å². The number of carboxylic acid groups (broad SMARTS) is 1. The Kier molecular flexibility index (Phi) is 3.81. The number of fused-ring (bicyclic) bond motifs is 1. The molecule has 0 spiro atoms. The molecule has 2 aromatic heterocycles. The third-order valence-corrected chi connectivity index (χ3v) is 4.08. The zero-order valence-electron chi connectivity index (χ0n) is 12.2. The van der Waals surface area contributed by atoms with Gasteiger partial charge in [-0.3, -0.25) is 4.79 Å². The number of amides is 1. The maximum atomic E-state index is 12.5. The Morgan fingerprint density at radius 3 is 3.09 bits per heavy atom. The molecule has 0 aliphatic carbocycles. The standard InChI is InChI=1S/C15H17N3O4/c1-22-10-6-12(15(20)21)18(8-10)13(19)5-9-7-17-14-11(9)3-2-4-16-14/h2-4,7,10,12H,5-6,8H2,1H3,(H,16,17)(H,20,21). The Hall–Kier alpha value is -2.41. The van der Waals surface area contributed by atoms with Crippen LogP contribution in [-0.2, 0) is 20.7 Å². The lowest BCUT2D eigenvalue weighted by molar-refractivity contribution is -0.147. The smallest absolute Gasteiger partial charge is 0.326 e. The third kappa shape index (κ3) is 2.55. The van der Waals surface area contributed by atoms with Gasteiger partial charge in [-0.25, -0.2) is 9.78 Å². The summed E-state index contributed by atoms with van der Waals surface area (Å²) < 4.78 is 5.20. The van der Waals surface area contributed by atoms with Crippen molar-refractivity contribution in [1.29, 1.82) is 0 Å². The minimum atomic E-state index is -0.992. The highest BCUT2D eigenvalue weighted by atomic mass is 16.5. The van der Waals surface area contributed by atoms with Gasteiger partial charge in [-0.15, -0.1) is 0 Å². The molecule has 1 amide bonds. The summed E-state index contributed by atoms with van der Waals surface area (Å²) >= 11 is 0. The van der Waals surface area contributed by atoms with Crippen LogP contribution in [0.3, 0.4) is 0 Å². The lowest BCUT2D eigenvalue weighted by Crippen LogP contribution is -2.41. The van der Waals surface area contributed by atoms with Crippen LogP contribution < -0.4 is 0 Å². The van der Waals surface area contributed by atoms with Gasteiger partial charge in [0.05, 0.1) is 12.5 Å². The van der Waals surface area contributed by atoms with Gasteiger partial charge in [0.1, 0.15) is 11.7 Å². The van der Waals surface area contributed by atoms with Gasteiger partial charge in [0.15, 0.2) is 0 Å². The van der Waals surface area contributed by atoms with E-state index >= 15 is 0 Å². The zero-order valence-corrected chi connectivity index (χ0v) is 12.2. The van der Waals surface area contributed by atoms with E-state index < -0.39 is 12.0 Å². The Morgan fingerprint density at radius 2 is 2.36 bits per heavy atom. The minimum absolute atomic E-state index is 0.145. The molecule has 2 atom stereocenters. The maximum Gasteiger partial charge on any atom is 0.326 e. The summed E-state index contributed by atoms with van der Waals surface area (Å²) in [5, 5.41) is 10.2. The van der Waals surface area contributed by atoms with Crippen LogP contribution in [0.5, 0.6) is 0 Å². The van der Waals surface area contributed by atoms with Crippen molar-refractivity contribution in [2.75, 3.05) is 13.7 Å². The quantitative estimate of drug-likeness (QED) is 0.871. The lowest BCUT2D eigenvalue weighted by atomic mass is 10.1. The van der Waals surface area contributed by atoms with E-state index in [-0.39, 0.29) is 18.4 Å². The predicted octanol–water partition coefficient (Wildman–Crippen LogP) is 0.806. The van der Waals surface area contributed by atoms with Gasteiger partial charge in [-0.2, -0.15) is 0 Å². The number of ether oxygens (including phenoxy) is 1. The molecule has 3 heterocycles. The summed E-state index contributed by atoms with van der Waals surface area (Å²) in [6.07, 6.45) is 3.66. The zero-order chi connectivity index (χ0) is 15.7. The van der Waals surface area contributed by atoms with Gasteiger partial charge in [0, 0.05) is 37.9 Å². The summed E-state index contributed by atoms with van der Waals surface area (Å²) in [5.41, 5.74) is 1.54. The molecule has 1 fully saturated rings. The van der Waals surface area contributed by atoms with Gasteiger partial charge >= 0.3 is 5.97 Å². The van der Waals surface area contributed by atoms with Crippen molar-refractivity contribution in [3.8, 4) is 0 Å². The molecular weight excluding hydrogens is 286 g/mol. The summed E-state index contributed by atoms with van der Waals surface area (Å²) in [6, 6.07) is 2.87. The van der Waals surface area contributed by atoms with E-state index in [1.54, 1.807) is 18.5 Å². The average molecular weight is 303 g/mol. The number of H-pyrrole nitrogens is 1. The van der Waals surface area contributed by atoms with E-state index in [0.717, 1.165) is 16.6 Å². The van der Waals surface area contributed by atoms with Gasteiger partial charge < -0.3 is 19.7 Å². The van der Waals surface area contributed by atoms with Crippen LogP contribution in [0, 0.1) is 0 Å². The molecule has 116 valence electrons. The maximum absolute atomic E-state index is 12.5. The first-order valence-electron chi connectivity index (χ1n) is 7.06. The Balaban J connectivity index is 1.80. The van der Waals surface area contributed by atoms with Gasteiger partial charge in [0.25, 0.3) is 0 Å². The SMILES string of the molecule is COC1CC(C(=O)O)N(C(=O)Cc2c[nH]c3ncccc23)C1. The number of aromatic nitrogens is 2. The first-order chi connectivity index (χ1) is 10.6. The van der Waals surface area contributed by atoms with Crippen molar-refractivity contribution in [2.45, 2.75) is 25.0 Å². The highest BCUT2D eigenvalue weighted by Crippen LogP contribution is 2.23. The first kappa shape index (κ1) is 14.5. The molecule has 2 unspecified atom stereocenters. The molecule has 0 radical (unpaired) electrons. The number of nitrogens with one attached hydrogen (secondary N) is 1. The van der Waals surface area contributed by atoms with E-state index in [1.165, 1.54) is 12.0 Å². The van der Waals surface area contributed by atoms with E-state index in [9.17, 15) is 14.7 Å². The van der Waals surface area contributed by atoms with Crippen LogP contribution in [-0.4, -0.2) is 57.7 Å². The number of likely N-dealkylation sites (tertiary alicyclic amines) is 1. The summed E-state index contributed by atoms with van der Waals surface area (Å²) in [4.78, 5) is 32.4. The number of carbonyl (C=O) groups excluding carboxylic acids is 1. The van der Waals surface area contributed by atoms with E-state index in [4.69, 9.17) is 4.74 Å². The second kappa shape index (κ2) is 5.76. The second-order valence-corrected chi connectivity index (χ2v) is 5.38. The molecule has 2 N–H and O–H groups in total. The molecule has 2 aromatic rings. The number of hydrogen-bond donors (Lipinski definition) is 2. The van der Waals surface area contributed by atoms with Gasteiger partial charge in [-0.1, -0.05) is 0 Å². The minimum Gasteiger partial charge on any atom is -0.480 e. The molecule has 7 nitrogen and oxygen atoms in total. The fourth-order valence-electron chi connectivity index (χ4n) is 2.90. The summed E-state index contributed by atoms with van der Waals surface area (Å²) in [6.45, 7) is 0.312. The van der Waals surface area contributed by atoms with E-state index in [2.05, 4.69) is 9.97 Å². The highest BCUT2D eigenvalue weighted by molar-refractivity contribution is 5.89. The number of carbonyl (C=O) groups is 2. The number of pyridine rings is 1. The monoisotopic (exact) mass is 303 g/mol. The van der Waals surface area contributed by atoms with Crippen LogP contribution in [0.1, 0.15) is 12.0 Å². The van der Waals surface area contributed by atoms with Crippen molar-refractivity contribution < 1.29 is 19.4 Å². The van der Waals surface area contributed by atoms with Crippen LogP contribution in [0.25, 0.3) is 11.0 Å². The summed E-state index contributed by atoms with van der Waals surface area (Å²) in [5.74, 6) is -1.20. The van der Waals surface area contributed by atoms with Crippen molar-refractivity contribution in [3.05, 3.63) is 30.1 Å². The Labute approximate surface area is 126 Å². The topological polar surface area (TPSA) is 95.5 Å². The number of aliphatic carboxylic acids is 1. The highest BCUT2D eigenvalue weighted by Gasteiger charge is 2.39. The van der Waals surface area contributed by atoms with Crippen LogP contribution in [0.4, 0.5) is 0 Å². The molecule has 1 aliphatic heterocycles. The number of methoxy groups -OCH3 is 1. The molecule has 0 bridgehead atoms. The molecular formula is C15H17N3O4.